The minimum absolute atomic E-state index is 0.291. The summed E-state index contributed by atoms with van der Waals surface area (Å²) in [6.07, 6.45) is -0.0429. The van der Waals surface area contributed by atoms with Crippen molar-refractivity contribution in [2.75, 3.05) is 12.9 Å². The molecule has 0 amide bonds. The van der Waals surface area contributed by atoms with E-state index in [1.54, 1.807) is 24.3 Å². The number of aliphatic hydroxyl groups is 1. The molecule has 0 unspecified atom stereocenters. The molecular formula is C9H11ClO4S. The summed E-state index contributed by atoms with van der Waals surface area (Å²) < 4.78 is 25.8. The molecule has 0 aliphatic rings. The van der Waals surface area contributed by atoms with Crippen molar-refractivity contribution in [1.29, 1.82) is 0 Å². The van der Waals surface area contributed by atoms with Crippen LogP contribution in [0.4, 0.5) is 0 Å². The van der Waals surface area contributed by atoms with E-state index in [1.807, 2.05) is 0 Å². The van der Waals surface area contributed by atoms with Crippen LogP contribution in [0.5, 0.6) is 0 Å². The molecule has 0 aromatic heterocycles. The van der Waals surface area contributed by atoms with Crippen LogP contribution >= 0.6 is 11.6 Å². The van der Waals surface area contributed by atoms with E-state index in [9.17, 15) is 13.5 Å². The fraction of sp³-hybridized carbons (Fsp3) is 0.333. The SMILES string of the molecule is CS(=O)(=O)OC[C@H](O)c1ccc(Cl)cc1. The standard InChI is InChI=1S/C9H11ClO4S/c1-15(12,13)14-6-9(11)7-2-4-8(10)5-3-7/h2-5,9,11H,6H2,1H3/t9-/m0/s1. The molecule has 0 aliphatic carbocycles. The van der Waals surface area contributed by atoms with Crippen molar-refractivity contribution in [2.45, 2.75) is 6.10 Å². The predicted molar refractivity (Wildman–Crippen MR) is 57.2 cm³/mol. The third-order valence-electron chi connectivity index (χ3n) is 1.69. The summed E-state index contributed by atoms with van der Waals surface area (Å²) in [5.41, 5.74) is 0.558. The Morgan fingerprint density at radius 3 is 2.40 bits per heavy atom. The van der Waals surface area contributed by atoms with Crippen LogP contribution in [-0.4, -0.2) is 26.4 Å². The van der Waals surface area contributed by atoms with Crippen LogP contribution in [0, 0.1) is 0 Å². The Bertz CT molecular complexity index is 412. The highest BCUT2D eigenvalue weighted by Crippen LogP contribution is 2.16. The maximum atomic E-state index is 10.7. The van der Waals surface area contributed by atoms with E-state index >= 15 is 0 Å². The second kappa shape index (κ2) is 4.94. The third-order valence-corrected chi connectivity index (χ3v) is 2.51. The molecule has 0 saturated heterocycles. The molecule has 1 N–H and O–H groups in total. The summed E-state index contributed by atoms with van der Waals surface area (Å²) in [4.78, 5) is 0. The van der Waals surface area contributed by atoms with Gasteiger partial charge in [-0.25, -0.2) is 0 Å². The molecular weight excluding hydrogens is 240 g/mol. The summed E-state index contributed by atoms with van der Waals surface area (Å²) >= 11 is 5.66. The Hall–Kier alpha value is -0.620. The van der Waals surface area contributed by atoms with Crippen molar-refractivity contribution >= 4 is 21.7 Å². The molecule has 15 heavy (non-hydrogen) atoms. The van der Waals surface area contributed by atoms with Gasteiger partial charge in [-0.05, 0) is 17.7 Å². The van der Waals surface area contributed by atoms with E-state index in [0.29, 0.717) is 10.6 Å². The van der Waals surface area contributed by atoms with Crippen LogP contribution in [0.3, 0.4) is 0 Å². The van der Waals surface area contributed by atoms with Crippen molar-refractivity contribution in [3.8, 4) is 0 Å². The lowest BCUT2D eigenvalue weighted by atomic mass is 10.1. The molecule has 4 nitrogen and oxygen atoms in total. The Kier molecular flexibility index (Phi) is 4.10. The highest BCUT2D eigenvalue weighted by molar-refractivity contribution is 7.85. The van der Waals surface area contributed by atoms with Gasteiger partial charge in [-0.15, -0.1) is 0 Å². The molecule has 1 rings (SSSR count). The van der Waals surface area contributed by atoms with Crippen molar-refractivity contribution in [3.05, 3.63) is 34.9 Å². The van der Waals surface area contributed by atoms with Crippen LogP contribution < -0.4 is 0 Å². The van der Waals surface area contributed by atoms with Gasteiger partial charge in [0.1, 0.15) is 6.10 Å². The van der Waals surface area contributed by atoms with Gasteiger partial charge in [0, 0.05) is 5.02 Å². The first-order valence-electron chi connectivity index (χ1n) is 4.16. The highest BCUT2D eigenvalue weighted by Gasteiger charge is 2.11. The second-order valence-electron chi connectivity index (χ2n) is 3.06. The average molecular weight is 251 g/mol. The second-order valence-corrected chi connectivity index (χ2v) is 5.14. The van der Waals surface area contributed by atoms with E-state index in [-0.39, 0.29) is 6.61 Å². The monoisotopic (exact) mass is 250 g/mol. The van der Waals surface area contributed by atoms with Crippen LogP contribution in [0.1, 0.15) is 11.7 Å². The summed E-state index contributed by atoms with van der Waals surface area (Å²) in [6.45, 7) is -0.291. The molecule has 0 radical (unpaired) electrons. The van der Waals surface area contributed by atoms with Crippen LogP contribution in [0.2, 0.25) is 5.02 Å². The number of benzene rings is 1. The summed E-state index contributed by atoms with van der Waals surface area (Å²) in [5.74, 6) is 0. The minimum atomic E-state index is -3.52. The van der Waals surface area contributed by atoms with E-state index < -0.39 is 16.2 Å². The van der Waals surface area contributed by atoms with Crippen LogP contribution in [0.15, 0.2) is 24.3 Å². The third kappa shape index (κ3) is 4.61. The predicted octanol–water partition coefficient (Wildman–Crippen LogP) is 1.35. The number of hydrogen-bond acceptors (Lipinski definition) is 4. The van der Waals surface area contributed by atoms with Gasteiger partial charge in [0.05, 0.1) is 12.9 Å². The lowest BCUT2D eigenvalue weighted by Gasteiger charge is -2.10. The Balaban J connectivity index is 2.61. The summed E-state index contributed by atoms with van der Waals surface area (Å²) in [7, 11) is -3.52. The zero-order valence-electron chi connectivity index (χ0n) is 8.05. The van der Waals surface area contributed by atoms with Gasteiger partial charge in [-0.3, -0.25) is 4.18 Å². The van der Waals surface area contributed by atoms with E-state index in [2.05, 4.69) is 4.18 Å². The lowest BCUT2D eigenvalue weighted by Crippen LogP contribution is -2.11. The average Bonchev–Trinajstić information content (AvgIpc) is 2.14. The molecule has 6 heteroatoms. The Morgan fingerprint density at radius 1 is 1.40 bits per heavy atom. The smallest absolute Gasteiger partial charge is 0.264 e. The molecule has 0 bridgehead atoms. The molecule has 0 heterocycles. The van der Waals surface area contributed by atoms with Gasteiger partial charge in [-0.2, -0.15) is 8.42 Å². The molecule has 1 atom stereocenters. The van der Waals surface area contributed by atoms with Crippen molar-refractivity contribution in [2.24, 2.45) is 0 Å². The van der Waals surface area contributed by atoms with Crippen molar-refractivity contribution in [1.82, 2.24) is 0 Å². The molecule has 1 aromatic carbocycles. The quantitative estimate of drug-likeness (QED) is 0.820. The van der Waals surface area contributed by atoms with E-state index in [4.69, 9.17) is 11.6 Å². The van der Waals surface area contributed by atoms with Crippen LogP contribution in [-0.2, 0) is 14.3 Å². The number of aliphatic hydroxyl groups excluding tert-OH is 1. The number of rotatable bonds is 4. The maximum Gasteiger partial charge on any atom is 0.264 e. The topological polar surface area (TPSA) is 63.6 Å². The molecule has 0 aliphatic heterocycles. The molecule has 0 fully saturated rings. The van der Waals surface area contributed by atoms with Gasteiger partial charge in [-0.1, -0.05) is 23.7 Å². The summed E-state index contributed by atoms with van der Waals surface area (Å²) in [6, 6.07) is 6.44. The normalized spacial score (nSPS) is 13.8. The van der Waals surface area contributed by atoms with Gasteiger partial charge in [0.25, 0.3) is 10.1 Å². The summed E-state index contributed by atoms with van der Waals surface area (Å²) in [5, 5.41) is 10.1. The fourth-order valence-corrected chi connectivity index (χ4v) is 1.47. The van der Waals surface area contributed by atoms with E-state index in [0.717, 1.165) is 6.26 Å². The Labute approximate surface area is 93.6 Å². The lowest BCUT2D eigenvalue weighted by molar-refractivity contribution is 0.112. The van der Waals surface area contributed by atoms with Crippen molar-refractivity contribution < 1.29 is 17.7 Å². The van der Waals surface area contributed by atoms with Gasteiger partial charge in [0.2, 0.25) is 0 Å². The van der Waals surface area contributed by atoms with Gasteiger partial charge >= 0.3 is 0 Å². The highest BCUT2D eigenvalue weighted by atomic mass is 35.5. The minimum Gasteiger partial charge on any atom is -0.386 e. The largest absolute Gasteiger partial charge is 0.386 e. The number of hydrogen-bond donors (Lipinski definition) is 1. The fourth-order valence-electron chi connectivity index (χ4n) is 0.969. The zero-order chi connectivity index (χ0) is 11.5. The Morgan fingerprint density at radius 2 is 1.93 bits per heavy atom. The zero-order valence-corrected chi connectivity index (χ0v) is 9.62. The molecule has 1 aromatic rings. The van der Waals surface area contributed by atoms with Gasteiger partial charge in [0.15, 0.2) is 0 Å². The first-order chi connectivity index (χ1) is 6.88. The number of halogens is 1. The molecule has 0 spiro atoms. The van der Waals surface area contributed by atoms with Gasteiger partial charge < -0.3 is 5.11 Å². The molecule has 84 valence electrons. The van der Waals surface area contributed by atoms with E-state index in [1.165, 1.54) is 0 Å². The molecule has 0 saturated carbocycles. The first kappa shape index (κ1) is 12.4. The van der Waals surface area contributed by atoms with Crippen LogP contribution in [0.25, 0.3) is 0 Å². The maximum absolute atomic E-state index is 10.7. The van der Waals surface area contributed by atoms with Crippen molar-refractivity contribution in [3.63, 3.8) is 0 Å². The first-order valence-corrected chi connectivity index (χ1v) is 6.36.